The molecule has 0 radical (unpaired) electrons. The number of anilines is 1. The molecule has 1 atom stereocenters. The Kier molecular flexibility index (Phi) is 5.55. The minimum Gasteiger partial charge on any atom is -0.385 e. The summed E-state index contributed by atoms with van der Waals surface area (Å²) in [7, 11) is 0. The first kappa shape index (κ1) is 15.7. The molecule has 0 spiro atoms. The van der Waals surface area contributed by atoms with E-state index in [4.69, 9.17) is 5.26 Å². The Morgan fingerprint density at radius 1 is 1.42 bits per heavy atom. The summed E-state index contributed by atoms with van der Waals surface area (Å²) in [5.74, 6) is 0. The molecule has 1 aromatic rings. The van der Waals surface area contributed by atoms with Crippen LogP contribution in [0.4, 0.5) is 18.9 Å². The summed E-state index contributed by atoms with van der Waals surface area (Å²) in [6.07, 6.45) is -1.57. The van der Waals surface area contributed by atoms with E-state index >= 15 is 0 Å². The second kappa shape index (κ2) is 6.71. The maximum Gasteiger partial charge on any atom is 0.417 e. The summed E-state index contributed by atoms with van der Waals surface area (Å²) in [5, 5.41) is 12.3. The molecular formula is C13H15F3N2S. The monoisotopic (exact) mass is 288 g/mol. The normalized spacial score (nSPS) is 12.8. The van der Waals surface area contributed by atoms with Crippen LogP contribution in [0.5, 0.6) is 0 Å². The van der Waals surface area contributed by atoms with Crippen molar-refractivity contribution in [1.82, 2.24) is 0 Å². The fraction of sp³-hybridized carbons (Fsp3) is 0.462. The predicted octanol–water partition coefficient (Wildman–Crippen LogP) is 4.13. The molecule has 0 bridgehead atoms. The van der Waals surface area contributed by atoms with Gasteiger partial charge >= 0.3 is 6.18 Å². The van der Waals surface area contributed by atoms with E-state index in [9.17, 15) is 13.2 Å². The molecule has 2 nitrogen and oxygen atoms in total. The van der Waals surface area contributed by atoms with Crippen LogP contribution in [-0.4, -0.2) is 18.1 Å². The smallest absolute Gasteiger partial charge is 0.385 e. The molecule has 0 amide bonds. The Bertz CT molecular complexity index is 466. The Labute approximate surface area is 115 Å². The lowest BCUT2D eigenvalue weighted by molar-refractivity contribution is -0.137. The highest BCUT2D eigenvalue weighted by molar-refractivity contribution is 7.99. The van der Waals surface area contributed by atoms with Gasteiger partial charge < -0.3 is 5.32 Å². The van der Waals surface area contributed by atoms with Gasteiger partial charge in [-0.1, -0.05) is 6.92 Å². The molecule has 1 aromatic carbocycles. The van der Waals surface area contributed by atoms with Crippen LogP contribution in [0.3, 0.4) is 0 Å². The third kappa shape index (κ3) is 4.67. The molecule has 6 heteroatoms. The first-order chi connectivity index (χ1) is 8.88. The summed E-state index contributed by atoms with van der Waals surface area (Å²) in [5.41, 5.74) is -0.703. The number of rotatable bonds is 5. The number of thioether (sulfide) groups is 1. The second-order valence-corrected chi connectivity index (χ2v) is 5.41. The van der Waals surface area contributed by atoms with Gasteiger partial charge in [-0.25, -0.2) is 0 Å². The predicted molar refractivity (Wildman–Crippen MR) is 72.2 cm³/mol. The molecule has 0 aliphatic rings. The molecule has 104 valence electrons. The molecule has 0 heterocycles. The van der Waals surface area contributed by atoms with E-state index in [0.29, 0.717) is 17.5 Å². The van der Waals surface area contributed by atoms with E-state index in [1.54, 1.807) is 17.8 Å². The Morgan fingerprint density at radius 3 is 2.63 bits per heavy atom. The van der Waals surface area contributed by atoms with Crippen molar-refractivity contribution in [3.05, 3.63) is 29.3 Å². The Hall–Kier alpha value is -1.35. The third-order valence-electron chi connectivity index (χ3n) is 2.73. The zero-order valence-electron chi connectivity index (χ0n) is 10.7. The summed E-state index contributed by atoms with van der Waals surface area (Å²) in [4.78, 5) is 0. The molecule has 0 aliphatic heterocycles. The third-order valence-corrected chi connectivity index (χ3v) is 3.77. The van der Waals surface area contributed by atoms with Crippen molar-refractivity contribution in [3.8, 4) is 6.07 Å². The number of hydrogen-bond acceptors (Lipinski definition) is 3. The molecule has 19 heavy (non-hydrogen) atoms. The van der Waals surface area contributed by atoms with Crippen molar-refractivity contribution < 1.29 is 13.2 Å². The Morgan fingerprint density at radius 2 is 2.11 bits per heavy atom. The van der Waals surface area contributed by atoms with E-state index in [0.717, 1.165) is 12.5 Å². The summed E-state index contributed by atoms with van der Waals surface area (Å²) in [6.45, 7) is 2.75. The second-order valence-electron chi connectivity index (χ2n) is 4.13. The highest BCUT2D eigenvalue weighted by Crippen LogP contribution is 2.32. The largest absolute Gasteiger partial charge is 0.417 e. The fourth-order valence-electron chi connectivity index (χ4n) is 1.53. The van der Waals surface area contributed by atoms with Gasteiger partial charge in [0.1, 0.15) is 0 Å². The van der Waals surface area contributed by atoms with Gasteiger partial charge in [0.05, 0.1) is 17.2 Å². The van der Waals surface area contributed by atoms with E-state index in [1.807, 2.05) is 6.26 Å². The van der Waals surface area contributed by atoms with Crippen LogP contribution in [0.15, 0.2) is 18.2 Å². The van der Waals surface area contributed by atoms with Gasteiger partial charge in [0, 0.05) is 17.5 Å². The van der Waals surface area contributed by atoms with Crippen molar-refractivity contribution in [3.63, 3.8) is 0 Å². The van der Waals surface area contributed by atoms with Gasteiger partial charge in [-0.2, -0.15) is 30.2 Å². The molecule has 1 unspecified atom stereocenters. The molecule has 0 saturated carbocycles. The van der Waals surface area contributed by atoms with Gasteiger partial charge in [0.25, 0.3) is 0 Å². The van der Waals surface area contributed by atoms with Gasteiger partial charge in [0.2, 0.25) is 0 Å². The van der Waals surface area contributed by atoms with Crippen LogP contribution in [0.2, 0.25) is 0 Å². The summed E-state index contributed by atoms with van der Waals surface area (Å²) in [6, 6.07) is 5.13. The number of nitriles is 1. The molecule has 0 aliphatic carbocycles. The van der Waals surface area contributed by atoms with Crippen LogP contribution < -0.4 is 5.32 Å². The van der Waals surface area contributed by atoms with Crippen molar-refractivity contribution in [1.29, 1.82) is 5.26 Å². The number of benzene rings is 1. The zero-order chi connectivity index (χ0) is 14.5. The molecule has 0 aromatic heterocycles. The minimum absolute atomic E-state index is 0.351. The SMILES string of the molecule is CSC(C)CCNc1ccc(C(F)(F)F)c(C#N)c1. The van der Waals surface area contributed by atoms with E-state index in [-0.39, 0.29) is 5.56 Å². The lowest BCUT2D eigenvalue weighted by Gasteiger charge is -2.13. The van der Waals surface area contributed by atoms with Crippen molar-refractivity contribution >= 4 is 17.4 Å². The topological polar surface area (TPSA) is 35.8 Å². The average molecular weight is 288 g/mol. The van der Waals surface area contributed by atoms with E-state index in [2.05, 4.69) is 12.2 Å². The number of nitrogens with zero attached hydrogens (tertiary/aromatic N) is 1. The Balaban J connectivity index is 2.76. The van der Waals surface area contributed by atoms with E-state index in [1.165, 1.54) is 12.1 Å². The zero-order valence-corrected chi connectivity index (χ0v) is 11.5. The highest BCUT2D eigenvalue weighted by Gasteiger charge is 2.33. The van der Waals surface area contributed by atoms with Crippen LogP contribution in [0.1, 0.15) is 24.5 Å². The minimum atomic E-state index is -4.49. The van der Waals surface area contributed by atoms with E-state index < -0.39 is 11.7 Å². The molecule has 1 rings (SSSR count). The first-order valence-corrected chi connectivity index (χ1v) is 7.05. The summed E-state index contributed by atoms with van der Waals surface area (Å²) < 4.78 is 37.8. The maximum atomic E-state index is 12.6. The first-order valence-electron chi connectivity index (χ1n) is 5.76. The average Bonchev–Trinajstić information content (AvgIpc) is 2.37. The van der Waals surface area contributed by atoms with Crippen molar-refractivity contribution in [2.45, 2.75) is 24.8 Å². The number of hydrogen-bond donors (Lipinski definition) is 1. The molecule has 0 fully saturated rings. The van der Waals surface area contributed by atoms with Gasteiger partial charge in [-0.15, -0.1) is 0 Å². The van der Waals surface area contributed by atoms with Crippen LogP contribution in [-0.2, 0) is 6.18 Å². The fourth-order valence-corrected chi connectivity index (χ4v) is 1.89. The summed E-state index contributed by atoms with van der Waals surface area (Å²) >= 11 is 1.73. The molecular weight excluding hydrogens is 273 g/mol. The van der Waals surface area contributed by atoms with Crippen LogP contribution in [0.25, 0.3) is 0 Å². The number of halogens is 3. The molecule has 0 saturated heterocycles. The van der Waals surface area contributed by atoms with Crippen molar-refractivity contribution in [2.24, 2.45) is 0 Å². The van der Waals surface area contributed by atoms with Crippen molar-refractivity contribution in [2.75, 3.05) is 18.1 Å². The van der Waals surface area contributed by atoms with Crippen LogP contribution in [0, 0.1) is 11.3 Å². The number of nitrogens with one attached hydrogen (secondary N) is 1. The standard InChI is InChI=1S/C13H15F3N2S/c1-9(19-2)5-6-18-11-3-4-12(13(14,15)16)10(7-11)8-17/h3-4,7,9,18H,5-6H2,1-2H3. The quantitative estimate of drug-likeness (QED) is 0.885. The van der Waals surface area contributed by atoms with Gasteiger partial charge in [0.15, 0.2) is 0 Å². The van der Waals surface area contributed by atoms with Gasteiger partial charge in [-0.05, 0) is 30.9 Å². The highest BCUT2D eigenvalue weighted by atomic mass is 32.2. The lowest BCUT2D eigenvalue weighted by Crippen LogP contribution is -2.10. The number of alkyl halides is 3. The van der Waals surface area contributed by atoms with Crippen LogP contribution >= 0.6 is 11.8 Å². The molecule has 1 N–H and O–H groups in total. The lowest BCUT2D eigenvalue weighted by atomic mass is 10.1. The van der Waals surface area contributed by atoms with Gasteiger partial charge in [-0.3, -0.25) is 0 Å². The maximum absolute atomic E-state index is 12.6.